The van der Waals surface area contributed by atoms with Crippen LogP contribution in [0.1, 0.15) is 0 Å². The van der Waals surface area contributed by atoms with Crippen LogP contribution < -0.4 is 0 Å². The topological polar surface area (TPSA) is 0 Å². The molecule has 0 spiro atoms. The van der Waals surface area contributed by atoms with Crippen molar-refractivity contribution in [2.24, 2.45) is 0 Å². The molecule has 0 unspecified atom stereocenters. The summed E-state index contributed by atoms with van der Waals surface area (Å²) < 4.78 is 0. The quantitative estimate of drug-likeness (QED) is 0.373. The summed E-state index contributed by atoms with van der Waals surface area (Å²) in [6.07, 6.45) is 0. The molecule has 0 aliphatic carbocycles. The van der Waals surface area contributed by atoms with Gasteiger partial charge in [-0.2, -0.15) is 0 Å². The Balaban J connectivity index is 2.51. The minimum Gasteiger partial charge on any atom is -0.0610 e. The first-order chi connectivity index (χ1) is 7.93. The van der Waals surface area contributed by atoms with Crippen LogP contribution in [0.3, 0.4) is 0 Å². The molecule has 16 heavy (non-hydrogen) atoms. The van der Waals surface area contributed by atoms with E-state index in [9.17, 15) is 0 Å². The van der Waals surface area contributed by atoms with Gasteiger partial charge in [-0.05, 0) is 62.6 Å². The molecule has 0 aromatic heterocycles. The Bertz CT molecular complexity index is 667. The Hall–Kier alpha value is -2.08. The van der Waals surface area contributed by atoms with Gasteiger partial charge in [0.15, 0.2) is 0 Å². The van der Waals surface area contributed by atoms with E-state index in [0.29, 0.717) is 0 Å². The fourth-order valence-corrected chi connectivity index (χ4v) is 2.51. The molecule has 0 N–H and O–H groups in total. The van der Waals surface area contributed by atoms with Crippen LogP contribution in [0.4, 0.5) is 0 Å². The molecule has 4 aromatic rings. The highest BCUT2D eigenvalue weighted by Gasteiger charge is 2.06. The molecule has 0 amide bonds. The summed E-state index contributed by atoms with van der Waals surface area (Å²) in [7, 11) is 0. The van der Waals surface area contributed by atoms with Crippen LogP contribution in [0.2, 0.25) is 0 Å². The molecule has 2 radical (unpaired) electrons. The first-order valence-corrected chi connectivity index (χ1v) is 5.39. The maximum Gasteiger partial charge on any atom is -0.00201 e. The predicted octanol–water partition coefficient (Wildman–Crippen LogP) is 4.18. The van der Waals surface area contributed by atoms with Gasteiger partial charge in [0.05, 0.1) is 0 Å². The highest BCUT2D eigenvalue weighted by Crippen LogP contribution is 2.33. The first kappa shape index (κ1) is 8.12. The van der Waals surface area contributed by atoms with E-state index in [1.54, 1.807) is 0 Å². The largest absolute Gasteiger partial charge is 0.0610 e. The van der Waals surface area contributed by atoms with Crippen LogP contribution in [0.25, 0.3) is 32.3 Å². The zero-order chi connectivity index (χ0) is 10.5. The van der Waals surface area contributed by atoms with Crippen molar-refractivity contribution in [1.82, 2.24) is 0 Å². The molecule has 0 atom stereocenters. The summed E-state index contributed by atoms with van der Waals surface area (Å²) >= 11 is 0. The Kier molecular flexibility index (Phi) is 1.39. The predicted molar refractivity (Wildman–Crippen MR) is 67.8 cm³/mol. The number of rotatable bonds is 0. The molecule has 0 nitrogen and oxygen atoms in total. The summed E-state index contributed by atoms with van der Waals surface area (Å²) in [4.78, 5) is 0. The molecule has 0 aliphatic rings. The molecular formula is C16H8. The summed E-state index contributed by atoms with van der Waals surface area (Å²) in [5.41, 5.74) is 0. The van der Waals surface area contributed by atoms with Gasteiger partial charge < -0.3 is 0 Å². The molecule has 0 heteroatoms. The third kappa shape index (κ3) is 0.892. The zero-order valence-electron chi connectivity index (χ0n) is 8.62. The van der Waals surface area contributed by atoms with Crippen molar-refractivity contribution >= 4 is 32.3 Å². The van der Waals surface area contributed by atoms with Crippen LogP contribution in [0.5, 0.6) is 0 Å². The van der Waals surface area contributed by atoms with Crippen molar-refractivity contribution in [3.05, 3.63) is 60.7 Å². The maximum absolute atomic E-state index is 3.33. The second kappa shape index (κ2) is 2.73. The lowest BCUT2D eigenvalue weighted by molar-refractivity contribution is 1.76. The molecule has 0 aliphatic heterocycles. The summed E-state index contributed by atoms with van der Waals surface area (Å²) in [6, 6.07) is 23.4. The average Bonchev–Trinajstić information content (AvgIpc) is 2.36. The van der Waals surface area contributed by atoms with Gasteiger partial charge >= 0.3 is 0 Å². The first-order valence-electron chi connectivity index (χ1n) is 5.39. The molecule has 72 valence electrons. The van der Waals surface area contributed by atoms with Gasteiger partial charge in [0.25, 0.3) is 0 Å². The lowest BCUT2D eigenvalue weighted by Crippen LogP contribution is -1.82. The van der Waals surface area contributed by atoms with E-state index in [1.807, 2.05) is 12.1 Å². The Morgan fingerprint density at radius 3 is 2.50 bits per heavy atom. The van der Waals surface area contributed by atoms with E-state index >= 15 is 0 Å². The van der Waals surface area contributed by atoms with Crippen molar-refractivity contribution in [3.8, 4) is 0 Å². The van der Waals surface area contributed by atoms with Crippen LogP contribution >= 0.6 is 0 Å². The smallest absolute Gasteiger partial charge is 0.00201 e. The van der Waals surface area contributed by atoms with E-state index in [1.165, 1.54) is 26.9 Å². The van der Waals surface area contributed by atoms with Gasteiger partial charge in [0, 0.05) is 0 Å². The van der Waals surface area contributed by atoms with Gasteiger partial charge in [-0.3, -0.25) is 0 Å². The van der Waals surface area contributed by atoms with E-state index in [-0.39, 0.29) is 0 Å². The van der Waals surface area contributed by atoms with Gasteiger partial charge in [-0.25, -0.2) is 0 Å². The Morgan fingerprint density at radius 2 is 1.50 bits per heavy atom. The molecule has 0 fully saturated rings. The third-order valence-electron chi connectivity index (χ3n) is 3.23. The van der Waals surface area contributed by atoms with E-state index in [0.717, 1.165) is 5.39 Å². The van der Waals surface area contributed by atoms with Crippen LogP contribution in [0.15, 0.2) is 48.5 Å². The number of hydrogen-bond donors (Lipinski definition) is 0. The fraction of sp³-hybridized carbons (Fsp3) is 0. The molecule has 4 aromatic carbocycles. The fourth-order valence-electron chi connectivity index (χ4n) is 2.51. The van der Waals surface area contributed by atoms with Gasteiger partial charge in [0.2, 0.25) is 0 Å². The molecule has 0 saturated heterocycles. The summed E-state index contributed by atoms with van der Waals surface area (Å²) in [5, 5.41) is 7.63. The molecular weight excluding hydrogens is 192 g/mol. The standard InChI is InChI=1S/C16H8/c1-3-11-7-9-13-5-2-6-14-10-8-12(4-1)15(11)16(13)14/h1,3-9H. The molecule has 0 heterocycles. The lowest BCUT2D eigenvalue weighted by atomic mass is 9.95. The van der Waals surface area contributed by atoms with E-state index in [2.05, 4.69) is 48.5 Å². The average molecular weight is 200 g/mol. The van der Waals surface area contributed by atoms with E-state index in [4.69, 9.17) is 0 Å². The summed E-state index contributed by atoms with van der Waals surface area (Å²) in [6.45, 7) is 0. The second-order valence-electron chi connectivity index (χ2n) is 4.13. The number of hydrogen-bond acceptors (Lipinski definition) is 0. The minimum atomic E-state index is 1.15. The van der Waals surface area contributed by atoms with Crippen molar-refractivity contribution in [2.45, 2.75) is 0 Å². The van der Waals surface area contributed by atoms with Gasteiger partial charge in [0.1, 0.15) is 0 Å². The highest BCUT2D eigenvalue weighted by molar-refractivity contribution is 6.22. The second-order valence-corrected chi connectivity index (χ2v) is 4.13. The van der Waals surface area contributed by atoms with E-state index < -0.39 is 0 Å². The van der Waals surface area contributed by atoms with Crippen LogP contribution in [-0.4, -0.2) is 0 Å². The normalized spacial score (nSPS) is 11.8. The maximum atomic E-state index is 3.33. The van der Waals surface area contributed by atoms with Crippen molar-refractivity contribution in [1.29, 1.82) is 0 Å². The minimum absolute atomic E-state index is 1.15. The van der Waals surface area contributed by atoms with Crippen LogP contribution in [-0.2, 0) is 0 Å². The van der Waals surface area contributed by atoms with Gasteiger partial charge in [-0.1, -0.05) is 30.3 Å². The van der Waals surface area contributed by atoms with Gasteiger partial charge in [-0.15, -0.1) is 0 Å². The third-order valence-corrected chi connectivity index (χ3v) is 3.23. The molecule has 0 bridgehead atoms. The molecule has 4 rings (SSSR count). The summed E-state index contributed by atoms with van der Waals surface area (Å²) in [5.74, 6) is 0. The van der Waals surface area contributed by atoms with Crippen LogP contribution in [0, 0.1) is 12.1 Å². The Morgan fingerprint density at radius 1 is 0.688 bits per heavy atom. The highest BCUT2D eigenvalue weighted by atomic mass is 14.1. The number of benzene rings is 4. The van der Waals surface area contributed by atoms with Crippen molar-refractivity contribution in [3.63, 3.8) is 0 Å². The lowest BCUT2D eigenvalue weighted by Gasteiger charge is -2.09. The zero-order valence-corrected chi connectivity index (χ0v) is 8.62. The van der Waals surface area contributed by atoms with Crippen molar-refractivity contribution < 1.29 is 0 Å². The monoisotopic (exact) mass is 200 g/mol. The molecule has 0 saturated carbocycles. The van der Waals surface area contributed by atoms with Crippen molar-refractivity contribution in [2.75, 3.05) is 0 Å². The Labute approximate surface area is 93.5 Å². The SMILES string of the molecule is [c]1cc2[c]cc3cccc4ccc(c1)c2c34.